The summed E-state index contributed by atoms with van der Waals surface area (Å²) in [5, 5.41) is 10.9. The largest absolute Gasteiger partial charge is 0.496 e. The number of ether oxygens (including phenoxy) is 1. The molecule has 1 aromatic carbocycles. The van der Waals surface area contributed by atoms with Crippen molar-refractivity contribution in [3.8, 4) is 5.75 Å². The van der Waals surface area contributed by atoms with Gasteiger partial charge >= 0.3 is 5.97 Å². The molecule has 0 spiro atoms. The Balaban J connectivity index is 2.42. The number of para-hydroxylation sites is 1. The number of aliphatic carboxylic acids is 1. The fraction of sp³-hybridized carbons (Fsp3) is 0.231. The molecule has 0 fully saturated rings. The number of amides is 1. The zero-order chi connectivity index (χ0) is 13.4. The van der Waals surface area contributed by atoms with Crippen LogP contribution in [0.25, 0.3) is 0 Å². The van der Waals surface area contributed by atoms with Crippen LogP contribution in [0.3, 0.4) is 0 Å². The molecule has 0 unspecified atom stereocenters. The zero-order valence-corrected chi connectivity index (χ0v) is 10.1. The van der Waals surface area contributed by atoms with Gasteiger partial charge in [0.15, 0.2) is 0 Å². The van der Waals surface area contributed by atoms with E-state index in [2.05, 4.69) is 5.32 Å². The molecule has 0 aliphatic heterocycles. The van der Waals surface area contributed by atoms with Crippen molar-refractivity contribution in [1.82, 2.24) is 5.32 Å². The minimum Gasteiger partial charge on any atom is -0.496 e. The highest BCUT2D eigenvalue weighted by Gasteiger charge is 2.02. The van der Waals surface area contributed by atoms with Gasteiger partial charge in [-0.1, -0.05) is 18.2 Å². The first-order valence-electron chi connectivity index (χ1n) is 5.44. The number of hydrogen-bond acceptors (Lipinski definition) is 3. The lowest BCUT2D eigenvalue weighted by Crippen LogP contribution is -2.23. The lowest BCUT2D eigenvalue weighted by Gasteiger charge is -2.07. The summed E-state index contributed by atoms with van der Waals surface area (Å²) >= 11 is 0. The molecule has 0 saturated heterocycles. The van der Waals surface area contributed by atoms with Crippen LogP contribution in [0.5, 0.6) is 5.75 Å². The number of carbonyl (C=O) groups excluding carboxylic acids is 1. The Morgan fingerprint density at radius 3 is 2.72 bits per heavy atom. The van der Waals surface area contributed by atoms with Crippen LogP contribution in [0, 0.1) is 0 Å². The van der Waals surface area contributed by atoms with Gasteiger partial charge in [0.1, 0.15) is 5.75 Å². The highest BCUT2D eigenvalue weighted by Crippen LogP contribution is 2.17. The number of rotatable bonds is 6. The second kappa shape index (κ2) is 7.11. The summed E-state index contributed by atoms with van der Waals surface area (Å²) in [5.41, 5.74) is 0.988. The average molecular weight is 249 g/mol. The molecule has 0 radical (unpaired) electrons. The molecule has 0 bridgehead atoms. The molecular formula is C13H15NO4. The van der Waals surface area contributed by atoms with Gasteiger partial charge in [-0.05, 0) is 18.1 Å². The molecule has 5 nitrogen and oxygen atoms in total. The Morgan fingerprint density at radius 2 is 2.06 bits per heavy atom. The summed E-state index contributed by atoms with van der Waals surface area (Å²) in [6.07, 6.45) is 2.42. The minimum absolute atomic E-state index is 0.420. The van der Waals surface area contributed by atoms with Crippen LogP contribution >= 0.6 is 0 Å². The normalized spacial score (nSPS) is 10.3. The molecule has 0 aliphatic carbocycles. The van der Waals surface area contributed by atoms with Crippen molar-refractivity contribution in [3.63, 3.8) is 0 Å². The molecule has 0 aromatic heterocycles. The number of carbonyl (C=O) groups is 2. The summed E-state index contributed by atoms with van der Waals surface area (Å²) in [4.78, 5) is 21.4. The molecule has 0 saturated carbocycles. The van der Waals surface area contributed by atoms with Gasteiger partial charge in [0.2, 0.25) is 5.91 Å². The fourth-order valence-electron chi connectivity index (χ4n) is 1.44. The van der Waals surface area contributed by atoms with Gasteiger partial charge in [0.25, 0.3) is 0 Å². The fourth-order valence-corrected chi connectivity index (χ4v) is 1.44. The molecule has 0 atom stereocenters. The van der Waals surface area contributed by atoms with E-state index in [1.165, 1.54) is 0 Å². The van der Waals surface area contributed by atoms with E-state index in [1.54, 1.807) is 7.11 Å². The van der Waals surface area contributed by atoms with Crippen LogP contribution in [0.4, 0.5) is 0 Å². The monoisotopic (exact) mass is 249 g/mol. The molecule has 0 aliphatic rings. The van der Waals surface area contributed by atoms with E-state index in [1.807, 2.05) is 24.3 Å². The lowest BCUT2D eigenvalue weighted by atomic mass is 10.1. The Labute approximate surface area is 105 Å². The Hall–Kier alpha value is -2.30. The third kappa shape index (κ3) is 4.69. The summed E-state index contributed by atoms with van der Waals surface area (Å²) in [6.45, 7) is 0.420. The molecule has 2 N–H and O–H groups in total. The van der Waals surface area contributed by atoms with E-state index in [0.717, 1.165) is 23.5 Å². The van der Waals surface area contributed by atoms with E-state index < -0.39 is 11.9 Å². The van der Waals surface area contributed by atoms with Crippen LogP contribution in [-0.4, -0.2) is 30.6 Å². The summed E-state index contributed by atoms with van der Waals surface area (Å²) in [5.74, 6) is -0.796. The molecule has 96 valence electrons. The Bertz CT molecular complexity index is 454. The maximum Gasteiger partial charge on any atom is 0.328 e. The standard InChI is InChI=1S/C13H15NO4/c1-18-11-5-3-2-4-10(11)8-9-14-12(15)6-7-13(16)17/h2-7H,8-9H2,1H3,(H,14,15)(H,16,17)/b7-6+. The van der Waals surface area contributed by atoms with Crippen LogP contribution in [0.2, 0.25) is 0 Å². The molecule has 1 amide bonds. The quantitative estimate of drug-likeness (QED) is 0.737. The topological polar surface area (TPSA) is 75.6 Å². The van der Waals surface area contributed by atoms with Crippen LogP contribution in [0.1, 0.15) is 5.56 Å². The van der Waals surface area contributed by atoms with Gasteiger partial charge in [0, 0.05) is 18.7 Å². The summed E-state index contributed by atoms with van der Waals surface area (Å²) in [6, 6.07) is 7.53. The summed E-state index contributed by atoms with van der Waals surface area (Å²) in [7, 11) is 1.59. The number of benzene rings is 1. The molecule has 1 rings (SSSR count). The maximum atomic E-state index is 11.2. The molecule has 18 heavy (non-hydrogen) atoms. The van der Waals surface area contributed by atoms with Crippen LogP contribution in [0.15, 0.2) is 36.4 Å². The number of nitrogens with one attached hydrogen (secondary N) is 1. The third-order valence-electron chi connectivity index (χ3n) is 2.26. The maximum absolute atomic E-state index is 11.2. The van der Waals surface area contributed by atoms with E-state index in [0.29, 0.717) is 13.0 Å². The Morgan fingerprint density at radius 1 is 1.33 bits per heavy atom. The van der Waals surface area contributed by atoms with Crippen molar-refractivity contribution in [1.29, 1.82) is 0 Å². The van der Waals surface area contributed by atoms with Crippen LogP contribution in [-0.2, 0) is 16.0 Å². The van der Waals surface area contributed by atoms with E-state index in [4.69, 9.17) is 9.84 Å². The second-order valence-corrected chi connectivity index (χ2v) is 3.52. The van der Waals surface area contributed by atoms with Crippen molar-refractivity contribution < 1.29 is 19.4 Å². The number of carboxylic acids is 1. The van der Waals surface area contributed by atoms with Gasteiger partial charge < -0.3 is 15.2 Å². The van der Waals surface area contributed by atoms with Crippen molar-refractivity contribution >= 4 is 11.9 Å². The molecule has 1 aromatic rings. The molecular weight excluding hydrogens is 234 g/mol. The summed E-state index contributed by atoms with van der Waals surface area (Å²) < 4.78 is 5.18. The number of hydrogen-bond donors (Lipinski definition) is 2. The predicted molar refractivity (Wildman–Crippen MR) is 66.5 cm³/mol. The highest BCUT2D eigenvalue weighted by molar-refractivity contribution is 5.93. The lowest BCUT2D eigenvalue weighted by molar-refractivity contribution is -0.131. The van der Waals surface area contributed by atoms with Gasteiger partial charge in [0.05, 0.1) is 7.11 Å². The van der Waals surface area contributed by atoms with Gasteiger partial charge in [-0.2, -0.15) is 0 Å². The molecule has 0 heterocycles. The average Bonchev–Trinajstić information content (AvgIpc) is 2.37. The first kappa shape index (κ1) is 13.8. The Kier molecular flexibility index (Phi) is 5.44. The van der Waals surface area contributed by atoms with Gasteiger partial charge in [-0.3, -0.25) is 4.79 Å². The first-order chi connectivity index (χ1) is 8.63. The van der Waals surface area contributed by atoms with E-state index in [9.17, 15) is 9.59 Å². The third-order valence-corrected chi connectivity index (χ3v) is 2.26. The SMILES string of the molecule is COc1ccccc1CCNC(=O)/C=C/C(=O)O. The predicted octanol–water partition coefficient (Wildman–Crippen LogP) is 0.995. The highest BCUT2D eigenvalue weighted by atomic mass is 16.5. The number of carboxylic acid groups (broad SMARTS) is 1. The van der Waals surface area contributed by atoms with Crippen LogP contribution < -0.4 is 10.1 Å². The zero-order valence-electron chi connectivity index (χ0n) is 10.1. The van der Waals surface area contributed by atoms with E-state index >= 15 is 0 Å². The minimum atomic E-state index is -1.14. The smallest absolute Gasteiger partial charge is 0.328 e. The van der Waals surface area contributed by atoms with Gasteiger partial charge in [-0.25, -0.2) is 4.79 Å². The number of methoxy groups -OCH3 is 1. The van der Waals surface area contributed by atoms with Crippen molar-refractivity contribution in [2.45, 2.75) is 6.42 Å². The second-order valence-electron chi connectivity index (χ2n) is 3.52. The van der Waals surface area contributed by atoms with E-state index in [-0.39, 0.29) is 0 Å². The van der Waals surface area contributed by atoms with Gasteiger partial charge in [-0.15, -0.1) is 0 Å². The molecule has 5 heteroatoms. The van der Waals surface area contributed by atoms with Crippen molar-refractivity contribution in [2.75, 3.05) is 13.7 Å². The first-order valence-corrected chi connectivity index (χ1v) is 5.44. The van der Waals surface area contributed by atoms with Crippen molar-refractivity contribution in [2.24, 2.45) is 0 Å². The van der Waals surface area contributed by atoms with Crippen molar-refractivity contribution in [3.05, 3.63) is 42.0 Å².